The molecule has 0 amide bonds. The zero-order chi connectivity index (χ0) is 4.41. The van der Waals surface area contributed by atoms with Crippen LogP contribution in [0.5, 0.6) is 0 Å². The van der Waals surface area contributed by atoms with Gasteiger partial charge < -0.3 is 0 Å². The van der Waals surface area contributed by atoms with Crippen molar-refractivity contribution in [3.63, 3.8) is 0 Å². The third-order valence-corrected chi connectivity index (χ3v) is 1.38. The van der Waals surface area contributed by atoms with Crippen LogP contribution in [0.25, 0.3) is 0 Å². The van der Waals surface area contributed by atoms with E-state index < -0.39 is 0 Å². The number of halogens is 1. The second-order valence-corrected chi connectivity index (χ2v) is 2.37. The Bertz CT molecular complexity index is 115. The van der Waals surface area contributed by atoms with Crippen molar-refractivity contribution >= 4 is 22.9 Å². The predicted octanol–water partition coefficient (Wildman–Crippen LogP) is 2.20. The van der Waals surface area contributed by atoms with Gasteiger partial charge in [0, 0.05) is 25.8 Å². The van der Waals surface area contributed by atoms with Crippen LogP contribution >= 0.6 is 22.9 Å². The Kier molecular flexibility index (Phi) is 4.28. The van der Waals surface area contributed by atoms with Gasteiger partial charge in [-0.2, -0.15) is 23.7 Å². The first kappa shape index (κ1) is 7.86. The molecule has 0 aliphatic carbocycles. The second-order valence-electron chi connectivity index (χ2n) is 0.857. The summed E-state index contributed by atoms with van der Waals surface area (Å²) in [7, 11) is 0. The van der Waals surface area contributed by atoms with Crippen molar-refractivity contribution < 1.29 is 25.8 Å². The minimum Gasteiger partial charge on any atom is -0.284 e. The standard InChI is InChI=1S/C4H2ClS.Sc/c5-4-2-1-3-6-4;/h1-2H;/q-1;. The molecule has 1 aromatic rings. The molecule has 0 atom stereocenters. The normalized spacial score (nSPS) is 7.57. The van der Waals surface area contributed by atoms with Crippen molar-refractivity contribution in [2.24, 2.45) is 0 Å². The molecule has 1 aromatic heterocycles. The molecule has 0 saturated carbocycles. The van der Waals surface area contributed by atoms with E-state index in [0.29, 0.717) is 0 Å². The minimum atomic E-state index is 0. The van der Waals surface area contributed by atoms with Crippen LogP contribution in [-0.2, 0) is 25.8 Å². The molecule has 0 fully saturated rings. The summed E-state index contributed by atoms with van der Waals surface area (Å²) in [6, 6.07) is 3.61. The molecule has 0 spiro atoms. The summed E-state index contributed by atoms with van der Waals surface area (Å²) in [5.41, 5.74) is 0. The van der Waals surface area contributed by atoms with Gasteiger partial charge >= 0.3 is 0 Å². The first-order valence-corrected chi connectivity index (χ1v) is 2.70. The van der Waals surface area contributed by atoms with Crippen molar-refractivity contribution in [1.29, 1.82) is 0 Å². The average Bonchev–Trinajstić information content (AvgIpc) is 1.86. The average molecular weight is 163 g/mol. The van der Waals surface area contributed by atoms with Crippen LogP contribution in [0, 0.1) is 5.38 Å². The van der Waals surface area contributed by atoms with Crippen LogP contribution < -0.4 is 0 Å². The maximum atomic E-state index is 5.44. The Morgan fingerprint density at radius 1 is 1.71 bits per heavy atom. The van der Waals surface area contributed by atoms with Crippen LogP contribution in [0.2, 0.25) is 4.34 Å². The smallest absolute Gasteiger partial charge is 0 e. The SMILES string of the molecule is Clc1cc[c-]s1.[Sc]. The summed E-state index contributed by atoms with van der Waals surface area (Å²) in [4.78, 5) is 0. The maximum Gasteiger partial charge on any atom is 0 e. The molecule has 1 rings (SSSR count). The van der Waals surface area contributed by atoms with E-state index in [1.165, 1.54) is 11.3 Å². The Labute approximate surface area is 70.3 Å². The van der Waals surface area contributed by atoms with Crippen LogP contribution in [0.15, 0.2) is 12.1 Å². The van der Waals surface area contributed by atoms with Gasteiger partial charge in [-0.15, -0.1) is 5.38 Å². The quantitative estimate of drug-likeness (QED) is 0.513. The van der Waals surface area contributed by atoms with Gasteiger partial charge in [-0.3, -0.25) is 11.3 Å². The van der Waals surface area contributed by atoms with Gasteiger partial charge in [-0.25, -0.2) is 0 Å². The van der Waals surface area contributed by atoms with E-state index in [2.05, 4.69) is 5.38 Å². The first-order valence-electron chi connectivity index (χ1n) is 1.51. The van der Waals surface area contributed by atoms with Gasteiger partial charge in [-0.1, -0.05) is 4.34 Å². The molecule has 3 heteroatoms. The third kappa shape index (κ3) is 2.62. The number of thiophene rings is 1. The molecule has 0 aliphatic rings. The van der Waals surface area contributed by atoms with Crippen molar-refractivity contribution in [2.45, 2.75) is 0 Å². The van der Waals surface area contributed by atoms with E-state index >= 15 is 0 Å². The fourth-order valence-electron chi connectivity index (χ4n) is 0.224. The van der Waals surface area contributed by atoms with E-state index in [0.717, 1.165) is 4.34 Å². The molecule has 0 N–H and O–H groups in total. The summed E-state index contributed by atoms with van der Waals surface area (Å²) < 4.78 is 0.801. The van der Waals surface area contributed by atoms with Gasteiger partial charge in [0.1, 0.15) is 0 Å². The molecule has 1 radical (unpaired) electrons. The minimum absolute atomic E-state index is 0. The van der Waals surface area contributed by atoms with E-state index in [1.54, 1.807) is 6.07 Å². The molecule has 0 saturated heterocycles. The molecule has 0 nitrogen and oxygen atoms in total. The summed E-state index contributed by atoms with van der Waals surface area (Å²) >= 11 is 6.86. The Morgan fingerprint density at radius 3 is 2.57 bits per heavy atom. The summed E-state index contributed by atoms with van der Waals surface area (Å²) in [6.07, 6.45) is 0. The number of rotatable bonds is 0. The molecule has 0 unspecified atom stereocenters. The predicted molar refractivity (Wildman–Crippen MR) is 28.2 cm³/mol. The number of hydrogen-bond acceptors (Lipinski definition) is 1. The zero-order valence-electron chi connectivity index (χ0n) is 3.52. The Morgan fingerprint density at radius 2 is 2.43 bits per heavy atom. The molecular formula is C4H2ClSSc-. The fraction of sp³-hybridized carbons (Fsp3) is 0. The molecule has 7 heavy (non-hydrogen) atoms. The summed E-state index contributed by atoms with van der Waals surface area (Å²) in [5, 5.41) is 2.84. The first-order chi connectivity index (χ1) is 2.89. The van der Waals surface area contributed by atoms with Crippen molar-refractivity contribution in [3.05, 3.63) is 21.8 Å². The molecule has 0 aromatic carbocycles. The topological polar surface area (TPSA) is 0 Å². The largest absolute Gasteiger partial charge is 0.284 e. The Balaban J connectivity index is 0.000000360. The molecular weight excluding hydrogens is 161 g/mol. The second kappa shape index (κ2) is 3.81. The van der Waals surface area contributed by atoms with Gasteiger partial charge in [-0.05, 0) is 0 Å². The zero-order valence-corrected chi connectivity index (χ0v) is 6.89. The van der Waals surface area contributed by atoms with Crippen LogP contribution in [0.1, 0.15) is 0 Å². The Hall–Kier alpha value is 0.860. The molecule has 0 bridgehead atoms. The van der Waals surface area contributed by atoms with Crippen molar-refractivity contribution in [1.82, 2.24) is 0 Å². The van der Waals surface area contributed by atoms with Crippen LogP contribution in [0.3, 0.4) is 0 Å². The van der Waals surface area contributed by atoms with Gasteiger partial charge in [0.25, 0.3) is 0 Å². The van der Waals surface area contributed by atoms with Gasteiger partial charge in [0.05, 0.1) is 0 Å². The maximum absolute atomic E-state index is 5.44. The monoisotopic (exact) mass is 162 g/mol. The van der Waals surface area contributed by atoms with E-state index in [1.807, 2.05) is 6.07 Å². The van der Waals surface area contributed by atoms with Crippen LogP contribution in [0.4, 0.5) is 0 Å². The van der Waals surface area contributed by atoms with E-state index in [9.17, 15) is 0 Å². The third-order valence-electron chi connectivity index (χ3n) is 0.439. The molecule has 1 heterocycles. The van der Waals surface area contributed by atoms with Gasteiger partial charge in [0.2, 0.25) is 0 Å². The van der Waals surface area contributed by atoms with Crippen molar-refractivity contribution in [2.75, 3.05) is 0 Å². The van der Waals surface area contributed by atoms with Crippen molar-refractivity contribution in [3.8, 4) is 0 Å². The molecule has 35 valence electrons. The fourth-order valence-corrected chi connectivity index (χ4v) is 0.805. The molecule has 0 aliphatic heterocycles. The summed E-state index contributed by atoms with van der Waals surface area (Å²) in [6.45, 7) is 0. The van der Waals surface area contributed by atoms with E-state index in [4.69, 9.17) is 11.6 Å². The van der Waals surface area contributed by atoms with Crippen LogP contribution in [-0.4, -0.2) is 0 Å². The van der Waals surface area contributed by atoms with E-state index in [-0.39, 0.29) is 25.8 Å². The number of hydrogen-bond donors (Lipinski definition) is 0. The van der Waals surface area contributed by atoms with Gasteiger partial charge in [0.15, 0.2) is 0 Å². The summed E-state index contributed by atoms with van der Waals surface area (Å²) in [5.74, 6) is 0.